The molecule has 0 aromatic heterocycles. The van der Waals surface area contributed by atoms with Gasteiger partial charge >= 0.3 is 11.9 Å². The van der Waals surface area contributed by atoms with Gasteiger partial charge in [-0.25, -0.2) is 9.59 Å². The van der Waals surface area contributed by atoms with Gasteiger partial charge < -0.3 is 25.0 Å². The van der Waals surface area contributed by atoms with Crippen LogP contribution in [0.4, 0.5) is 5.69 Å². The molecular weight excluding hydrogens is 336 g/mol. The van der Waals surface area contributed by atoms with E-state index in [-0.39, 0.29) is 28.2 Å². The maximum absolute atomic E-state index is 11.5. The number of methoxy groups -OCH3 is 2. The fourth-order valence-corrected chi connectivity index (χ4v) is 2.53. The molecule has 10 heteroatoms. The Kier molecular flexibility index (Phi) is 4.92. The number of aliphatic carboxylic acids is 2. The lowest BCUT2D eigenvalue weighted by Crippen LogP contribution is -2.25. The van der Waals surface area contributed by atoms with Crippen molar-refractivity contribution in [1.29, 1.82) is 0 Å². The molecular formula is C15H14N2O8. The quantitative estimate of drug-likeness (QED) is 0.509. The third kappa shape index (κ3) is 3.22. The van der Waals surface area contributed by atoms with Gasteiger partial charge in [-0.05, 0) is 6.07 Å². The summed E-state index contributed by atoms with van der Waals surface area (Å²) >= 11 is 0. The summed E-state index contributed by atoms with van der Waals surface area (Å²) in [7, 11) is 2.59. The largest absolute Gasteiger partial charge is 0.493 e. The molecule has 1 aliphatic heterocycles. The molecule has 2 rings (SSSR count). The molecule has 1 heterocycles. The van der Waals surface area contributed by atoms with Gasteiger partial charge in [0.1, 0.15) is 0 Å². The summed E-state index contributed by atoms with van der Waals surface area (Å²) in [6, 6.07) is 2.27. The van der Waals surface area contributed by atoms with Crippen LogP contribution in [0.25, 0.3) is 0 Å². The van der Waals surface area contributed by atoms with E-state index < -0.39 is 28.5 Å². The van der Waals surface area contributed by atoms with Gasteiger partial charge in [-0.1, -0.05) is 0 Å². The maximum Gasteiger partial charge on any atom is 0.334 e. The van der Waals surface area contributed by atoms with Crippen LogP contribution in [0.3, 0.4) is 0 Å². The summed E-state index contributed by atoms with van der Waals surface area (Å²) < 4.78 is 10.1. The Morgan fingerprint density at radius 2 is 1.56 bits per heavy atom. The number of hydrogen-bond acceptors (Lipinski definition) is 7. The highest BCUT2D eigenvalue weighted by Crippen LogP contribution is 2.43. The van der Waals surface area contributed by atoms with Crippen molar-refractivity contribution in [2.24, 2.45) is 0 Å². The number of carboxylic acids is 2. The van der Waals surface area contributed by atoms with Crippen molar-refractivity contribution in [1.82, 2.24) is 5.32 Å². The Bertz CT molecular complexity index is 782. The predicted molar refractivity (Wildman–Crippen MR) is 83.5 cm³/mol. The molecule has 0 amide bonds. The Balaban J connectivity index is 2.78. The van der Waals surface area contributed by atoms with E-state index in [2.05, 4.69) is 5.32 Å². The molecule has 0 bridgehead atoms. The fourth-order valence-electron chi connectivity index (χ4n) is 2.53. The van der Waals surface area contributed by atoms with Crippen LogP contribution in [0.5, 0.6) is 11.5 Å². The minimum Gasteiger partial charge on any atom is -0.493 e. The van der Waals surface area contributed by atoms with Crippen molar-refractivity contribution in [3.8, 4) is 11.5 Å². The van der Waals surface area contributed by atoms with Gasteiger partial charge in [-0.3, -0.25) is 10.1 Å². The molecule has 0 aliphatic carbocycles. The minimum atomic E-state index is -1.41. The number of nitrogens with zero attached hydrogens (tertiary/aromatic N) is 1. The highest BCUT2D eigenvalue weighted by molar-refractivity contribution is 5.97. The number of carboxylic acid groups (broad SMARTS) is 2. The Hall–Kier alpha value is -3.56. The second-order valence-corrected chi connectivity index (χ2v) is 4.93. The van der Waals surface area contributed by atoms with Crippen molar-refractivity contribution in [2.75, 3.05) is 14.2 Å². The average Bonchev–Trinajstić information content (AvgIpc) is 2.59. The van der Waals surface area contributed by atoms with Crippen LogP contribution >= 0.6 is 0 Å². The lowest BCUT2D eigenvalue weighted by Gasteiger charge is -2.23. The first-order chi connectivity index (χ1) is 11.8. The van der Waals surface area contributed by atoms with Gasteiger partial charge in [0.2, 0.25) is 0 Å². The fraction of sp³-hybridized carbons (Fsp3) is 0.200. The van der Waals surface area contributed by atoms with Crippen LogP contribution in [0.1, 0.15) is 11.5 Å². The van der Waals surface area contributed by atoms with Gasteiger partial charge in [0.25, 0.3) is 5.69 Å². The predicted octanol–water partition coefficient (Wildman–Crippen LogP) is 1.24. The molecule has 0 spiro atoms. The van der Waals surface area contributed by atoms with Gasteiger partial charge in [-0.2, -0.15) is 0 Å². The van der Waals surface area contributed by atoms with Gasteiger partial charge in [-0.15, -0.1) is 0 Å². The molecule has 0 saturated carbocycles. The SMILES string of the molecule is COc1cc(C2C(C(=O)O)=CNC=C2C(=O)O)c([N+](=O)[O-])cc1OC. The first-order valence-electron chi connectivity index (χ1n) is 6.84. The highest BCUT2D eigenvalue weighted by Gasteiger charge is 2.37. The zero-order valence-electron chi connectivity index (χ0n) is 13.2. The summed E-state index contributed by atoms with van der Waals surface area (Å²) in [5, 5.41) is 32.6. The van der Waals surface area contributed by atoms with E-state index in [1.165, 1.54) is 20.3 Å². The molecule has 0 radical (unpaired) electrons. The number of benzene rings is 1. The lowest BCUT2D eigenvalue weighted by molar-refractivity contribution is -0.385. The number of hydrogen-bond donors (Lipinski definition) is 3. The van der Waals surface area contributed by atoms with E-state index in [0.717, 1.165) is 18.5 Å². The Morgan fingerprint density at radius 1 is 1.08 bits per heavy atom. The number of dihydropyridines is 1. The normalized spacial score (nSPS) is 14.0. The molecule has 1 aliphatic rings. The second-order valence-electron chi connectivity index (χ2n) is 4.93. The summed E-state index contributed by atoms with van der Waals surface area (Å²) in [5.41, 5.74) is -1.32. The molecule has 10 nitrogen and oxygen atoms in total. The van der Waals surface area contributed by atoms with Gasteiger partial charge in [0, 0.05) is 18.0 Å². The third-order valence-corrected chi connectivity index (χ3v) is 3.63. The number of rotatable bonds is 6. The van der Waals surface area contributed by atoms with E-state index in [4.69, 9.17) is 9.47 Å². The molecule has 1 aromatic rings. The third-order valence-electron chi connectivity index (χ3n) is 3.63. The number of carbonyl (C=O) groups is 2. The molecule has 25 heavy (non-hydrogen) atoms. The molecule has 0 saturated heterocycles. The van der Waals surface area contributed by atoms with Crippen LogP contribution in [-0.4, -0.2) is 41.3 Å². The topological polar surface area (TPSA) is 148 Å². The summed E-state index contributed by atoms with van der Waals surface area (Å²) in [4.78, 5) is 33.7. The highest BCUT2D eigenvalue weighted by atomic mass is 16.6. The number of nitro groups is 1. The number of nitrogens with one attached hydrogen (secondary N) is 1. The number of nitro benzene ring substituents is 1. The first-order valence-corrected chi connectivity index (χ1v) is 6.84. The van der Waals surface area contributed by atoms with Gasteiger partial charge in [0.05, 0.1) is 42.3 Å². The Labute approximate surface area is 141 Å². The molecule has 0 unspecified atom stereocenters. The van der Waals surface area contributed by atoms with Crippen LogP contribution in [0.2, 0.25) is 0 Å². The molecule has 0 fully saturated rings. The zero-order valence-corrected chi connectivity index (χ0v) is 13.2. The van der Waals surface area contributed by atoms with Crippen molar-refractivity contribution in [2.45, 2.75) is 5.92 Å². The van der Waals surface area contributed by atoms with E-state index in [1.54, 1.807) is 0 Å². The minimum absolute atomic E-state index is 0.0635. The van der Waals surface area contributed by atoms with Crippen molar-refractivity contribution < 1.29 is 34.2 Å². The van der Waals surface area contributed by atoms with Crippen molar-refractivity contribution in [3.63, 3.8) is 0 Å². The van der Waals surface area contributed by atoms with Crippen LogP contribution in [0.15, 0.2) is 35.7 Å². The monoisotopic (exact) mass is 350 g/mol. The van der Waals surface area contributed by atoms with Crippen LogP contribution < -0.4 is 14.8 Å². The van der Waals surface area contributed by atoms with E-state index in [9.17, 15) is 29.9 Å². The lowest BCUT2D eigenvalue weighted by atomic mass is 9.82. The van der Waals surface area contributed by atoms with E-state index >= 15 is 0 Å². The Morgan fingerprint density at radius 3 is 1.96 bits per heavy atom. The smallest absolute Gasteiger partial charge is 0.334 e. The summed E-state index contributed by atoms with van der Waals surface area (Å²) in [6.07, 6.45) is 2.17. The second kappa shape index (κ2) is 6.91. The summed E-state index contributed by atoms with van der Waals surface area (Å²) in [5.74, 6) is -4.01. The van der Waals surface area contributed by atoms with Gasteiger partial charge in [0.15, 0.2) is 11.5 Å². The van der Waals surface area contributed by atoms with Crippen LogP contribution in [0, 0.1) is 10.1 Å². The molecule has 1 aromatic carbocycles. The maximum atomic E-state index is 11.5. The summed E-state index contributed by atoms with van der Waals surface area (Å²) in [6.45, 7) is 0. The van der Waals surface area contributed by atoms with Crippen molar-refractivity contribution >= 4 is 17.6 Å². The molecule has 3 N–H and O–H groups in total. The average molecular weight is 350 g/mol. The number of ether oxygens (including phenoxy) is 2. The molecule has 0 atom stereocenters. The van der Waals surface area contributed by atoms with E-state index in [0.29, 0.717) is 0 Å². The van der Waals surface area contributed by atoms with Crippen molar-refractivity contribution in [3.05, 3.63) is 51.4 Å². The standard InChI is InChI=1S/C15H14N2O8/c1-24-11-3-7(10(17(22)23)4-12(11)25-2)13-8(14(18)19)5-16-6-9(13)15(20)21/h3-6,13,16H,1-2H3,(H,18,19)(H,20,21). The van der Waals surface area contributed by atoms with E-state index in [1.807, 2.05) is 0 Å². The van der Waals surface area contributed by atoms with Crippen LogP contribution in [-0.2, 0) is 9.59 Å². The first kappa shape index (κ1) is 17.8. The molecule has 132 valence electrons. The zero-order chi connectivity index (χ0) is 18.7.